The molecule has 0 saturated carbocycles. The van der Waals surface area contributed by atoms with Gasteiger partial charge in [-0.05, 0) is 36.3 Å². The van der Waals surface area contributed by atoms with Crippen LogP contribution in [0.2, 0.25) is 0 Å². The summed E-state index contributed by atoms with van der Waals surface area (Å²) in [6.07, 6.45) is 1.78. The molecular weight excluding hydrogens is 569 g/mol. The van der Waals surface area contributed by atoms with Crippen molar-refractivity contribution in [3.63, 3.8) is 0 Å². The number of halogens is 1. The van der Waals surface area contributed by atoms with Crippen LogP contribution in [0.15, 0.2) is 30.3 Å². The molecule has 33 heavy (non-hydrogen) atoms. The molecule has 1 aromatic heterocycles. The molecule has 0 aliphatic heterocycles. The SMILES string of the molecule is CCCOC(=O)c1c(CCSC(C)=O)c(C(=O)SCC)c(CC)[n+](C)c1-c1ccccc1.[I-]. The Kier molecular flexibility index (Phi) is 13.3. The number of nitrogens with zero attached hydrogens (tertiary/aromatic N) is 1. The molecule has 5 nitrogen and oxygen atoms in total. The predicted octanol–water partition coefficient (Wildman–Crippen LogP) is 2.03. The maximum atomic E-state index is 13.4. The summed E-state index contributed by atoms with van der Waals surface area (Å²) in [5.41, 5.74) is 4.19. The highest BCUT2D eigenvalue weighted by Gasteiger charge is 2.35. The molecule has 0 saturated heterocycles. The number of rotatable bonds is 10. The molecule has 0 bridgehead atoms. The Hall–Kier alpha value is -1.39. The summed E-state index contributed by atoms with van der Waals surface area (Å²) in [5, 5.41) is -0.0386. The zero-order chi connectivity index (χ0) is 23.7. The van der Waals surface area contributed by atoms with Gasteiger partial charge in [-0.2, -0.15) is 4.57 Å². The van der Waals surface area contributed by atoms with Crippen LogP contribution in [0.5, 0.6) is 0 Å². The lowest BCUT2D eigenvalue weighted by Crippen LogP contribution is -3.00. The smallest absolute Gasteiger partial charge is 0.345 e. The van der Waals surface area contributed by atoms with E-state index in [-0.39, 0.29) is 34.2 Å². The molecule has 0 aliphatic rings. The molecule has 0 aliphatic carbocycles. The van der Waals surface area contributed by atoms with Crippen LogP contribution in [-0.4, -0.2) is 34.3 Å². The molecular formula is C25H32INO4S2. The first-order valence-electron chi connectivity index (χ1n) is 11.0. The van der Waals surface area contributed by atoms with Gasteiger partial charge in [0, 0.05) is 24.7 Å². The van der Waals surface area contributed by atoms with Gasteiger partial charge < -0.3 is 28.7 Å². The molecule has 180 valence electrons. The second-order valence-electron chi connectivity index (χ2n) is 7.25. The number of ether oxygens (including phenoxy) is 1. The highest BCUT2D eigenvalue weighted by atomic mass is 127. The van der Waals surface area contributed by atoms with E-state index in [1.54, 1.807) is 0 Å². The number of aromatic nitrogens is 1. The lowest BCUT2D eigenvalue weighted by molar-refractivity contribution is -0.668. The fourth-order valence-corrected chi connectivity index (χ4v) is 4.98. The van der Waals surface area contributed by atoms with Crippen LogP contribution in [0.1, 0.15) is 66.1 Å². The summed E-state index contributed by atoms with van der Waals surface area (Å²) in [5.74, 6) is 0.705. The summed E-state index contributed by atoms with van der Waals surface area (Å²) in [6.45, 7) is 7.73. The normalized spacial score (nSPS) is 10.5. The van der Waals surface area contributed by atoms with E-state index in [1.807, 2.05) is 62.7 Å². The van der Waals surface area contributed by atoms with Crippen LogP contribution in [0.4, 0.5) is 0 Å². The second kappa shape index (κ2) is 14.8. The highest BCUT2D eigenvalue weighted by molar-refractivity contribution is 8.14. The van der Waals surface area contributed by atoms with Crippen LogP contribution < -0.4 is 28.5 Å². The maximum Gasteiger partial charge on any atom is 0.345 e. The fraction of sp³-hybridized carbons (Fsp3) is 0.440. The van der Waals surface area contributed by atoms with E-state index in [9.17, 15) is 14.4 Å². The summed E-state index contributed by atoms with van der Waals surface area (Å²) in [6, 6.07) is 9.71. The Morgan fingerprint density at radius 1 is 1.00 bits per heavy atom. The Morgan fingerprint density at radius 3 is 2.21 bits per heavy atom. The van der Waals surface area contributed by atoms with Gasteiger partial charge in [0.25, 0.3) is 0 Å². The first-order chi connectivity index (χ1) is 15.4. The average Bonchev–Trinajstić information content (AvgIpc) is 2.77. The van der Waals surface area contributed by atoms with Crippen molar-refractivity contribution >= 4 is 39.7 Å². The monoisotopic (exact) mass is 601 g/mol. The molecule has 1 aromatic carbocycles. The van der Waals surface area contributed by atoms with Gasteiger partial charge in [0.1, 0.15) is 12.6 Å². The van der Waals surface area contributed by atoms with Crippen molar-refractivity contribution in [2.45, 2.75) is 47.0 Å². The molecule has 2 rings (SSSR count). The van der Waals surface area contributed by atoms with E-state index in [1.165, 1.54) is 30.4 Å². The largest absolute Gasteiger partial charge is 1.00 e. The number of carbonyl (C=O) groups excluding carboxylic acids is 3. The average molecular weight is 602 g/mol. The van der Waals surface area contributed by atoms with Crippen LogP contribution in [0, 0.1) is 0 Å². The Balaban J connectivity index is 0.00000544. The van der Waals surface area contributed by atoms with Crippen molar-refractivity contribution in [1.29, 1.82) is 0 Å². The predicted molar refractivity (Wildman–Crippen MR) is 132 cm³/mol. The number of hydrogen-bond donors (Lipinski definition) is 0. The van der Waals surface area contributed by atoms with Crippen molar-refractivity contribution in [3.05, 3.63) is 52.7 Å². The van der Waals surface area contributed by atoms with Crippen LogP contribution in [0.3, 0.4) is 0 Å². The molecule has 0 radical (unpaired) electrons. The molecule has 0 N–H and O–H groups in total. The minimum absolute atomic E-state index is 0. The molecule has 0 amide bonds. The molecule has 1 heterocycles. The second-order valence-corrected chi connectivity index (χ2v) is 9.76. The third-order valence-electron chi connectivity index (χ3n) is 5.03. The van der Waals surface area contributed by atoms with Crippen LogP contribution >= 0.6 is 23.5 Å². The van der Waals surface area contributed by atoms with Gasteiger partial charge in [-0.3, -0.25) is 9.59 Å². The van der Waals surface area contributed by atoms with E-state index >= 15 is 0 Å². The fourth-order valence-electron chi connectivity index (χ4n) is 3.74. The van der Waals surface area contributed by atoms with Crippen molar-refractivity contribution in [1.82, 2.24) is 0 Å². The van der Waals surface area contributed by atoms with E-state index in [0.717, 1.165) is 17.0 Å². The number of pyridine rings is 1. The van der Waals surface area contributed by atoms with Gasteiger partial charge >= 0.3 is 5.97 Å². The zero-order valence-corrected chi connectivity index (χ0v) is 23.7. The standard InChI is InChI=1S/C25H32NO4S2.HI/c1-6-15-30-24(28)22-19(14-16-32-17(4)27)21(25(29)31-8-3)20(7-2)26(5)23(22)18-12-10-9-11-13-18;/h9-13H,6-8,14-16H2,1-5H3;1H/q+1;/p-1. The topological polar surface area (TPSA) is 64.3 Å². The minimum atomic E-state index is -0.428. The van der Waals surface area contributed by atoms with Gasteiger partial charge in [-0.25, -0.2) is 4.79 Å². The van der Waals surface area contributed by atoms with E-state index in [2.05, 4.69) is 0 Å². The van der Waals surface area contributed by atoms with Crippen LogP contribution in [-0.2, 0) is 29.4 Å². The molecule has 0 unspecified atom stereocenters. The maximum absolute atomic E-state index is 13.4. The van der Waals surface area contributed by atoms with Gasteiger partial charge in [0.15, 0.2) is 10.8 Å². The number of carbonyl (C=O) groups is 3. The van der Waals surface area contributed by atoms with Gasteiger partial charge in [-0.1, -0.05) is 62.5 Å². The molecule has 0 fully saturated rings. The summed E-state index contributed by atoms with van der Waals surface area (Å²) < 4.78 is 7.55. The lowest BCUT2D eigenvalue weighted by atomic mass is 9.92. The van der Waals surface area contributed by atoms with E-state index in [4.69, 9.17) is 4.74 Å². The van der Waals surface area contributed by atoms with Crippen molar-refractivity contribution < 1.29 is 47.7 Å². The Morgan fingerprint density at radius 2 is 1.67 bits per heavy atom. The first-order valence-corrected chi connectivity index (χ1v) is 12.9. The molecule has 8 heteroatoms. The molecule has 0 atom stereocenters. The number of hydrogen-bond acceptors (Lipinski definition) is 6. The highest BCUT2D eigenvalue weighted by Crippen LogP contribution is 2.31. The molecule has 0 spiro atoms. The van der Waals surface area contributed by atoms with E-state index < -0.39 is 5.97 Å². The quantitative estimate of drug-likeness (QED) is 0.236. The van der Waals surface area contributed by atoms with Gasteiger partial charge in [-0.15, -0.1) is 0 Å². The van der Waals surface area contributed by atoms with E-state index in [0.29, 0.717) is 54.1 Å². The van der Waals surface area contributed by atoms with Crippen molar-refractivity contribution in [2.24, 2.45) is 7.05 Å². The zero-order valence-electron chi connectivity index (χ0n) is 19.9. The number of benzene rings is 1. The summed E-state index contributed by atoms with van der Waals surface area (Å²) >= 11 is 2.44. The first kappa shape index (κ1) is 29.6. The number of thioether (sulfide) groups is 2. The van der Waals surface area contributed by atoms with Crippen LogP contribution in [0.25, 0.3) is 11.3 Å². The van der Waals surface area contributed by atoms with Gasteiger partial charge in [0.05, 0.1) is 12.2 Å². The van der Waals surface area contributed by atoms with Crippen molar-refractivity contribution in [2.75, 3.05) is 18.1 Å². The number of esters is 1. The third kappa shape index (κ3) is 7.55. The summed E-state index contributed by atoms with van der Waals surface area (Å²) in [7, 11) is 1.90. The summed E-state index contributed by atoms with van der Waals surface area (Å²) in [4.78, 5) is 38.2. The van der Waals surface area contributed by atoms with Crippen molar-refractivity contribution in [3.8, 4) is 11.3 Å². The van der Waals surface area contributed by atoms with Gasteiger partial charge in [0.2, 0.25) is 10.8 Å². The third-order valence-corrected chi connectivity index (χ3v) is 6.60. The Bertz CT molecular complexity index is 980. The Labute approximate surface area is 222 Å². The molecule has 2 aromatic rings. The lowest BCUT2D eigenvalue weighted by Gasteiger charge is -2.19. The minimum Gasteiger partial charge on any atom is -1.00 e.